The second kappa shape index (κ2) is 6.85. The maximum Gasteiger partial charge on any atom is 0.289 e. The van der Waals surface area contributed by atoms with E-state index in [1.54, 1.807) is 18.3 Å². The highest BCUT2D eigenvalue weighted by atomic mass is 35.5. The number of sulfonamides is 1. The van der Waals surface area contributed by atoms with Gasteiger partial charge in [0.2, 0.25) is 10.0 Å². The lowest BCUT2D eigenvalue weighted by molar-refractivity contribution is -0.384. The van der Waals surface area contributed by atoms with Gasteiger partial charge in [-0.1, -0.05) is 29.3 Å². The number of hydrogen-bond donors (Lipinski definition) is 1. The van der Waals surface area contributed by atoms with E-state index < -0.39 is 36.6 Å². The first-order chi connectivity index (χ1) is 11.8. The van der Waals surface area contributed by atoms with Crippen LogP contribution in [0, 0.1) is 10.1 Å². The van der Waals surface area contributed by atoms with Gasteiger partial charge in [-0.25, -0.2) is 8.42 Å². The van der Waals surface area contributed by atoms with Crippen LogP contribution >= 0.6 is 23.2 Å². The highest BCUT2D eigenvalue weighted by Crippen LogP contribution is 2.37. The van der Waals surface area contributed by atoms with Crippen LogP contribution in [0.1, 0.15) is 17.3 Å². The fraction of sp³-hybridized carbons (Fsp3) is 0.214. The Bertz CT molecular complexity index is 951. The van der Waals surface area contributed by atoms with E-state index in [2.05, 4.69) is 9.71 Å². The first kappa shape index (κ1) is 18.0. The molecule has 1 aliphatic rings. The molecule has 0 aliphatic carbocycles. The molecule has 1 aliphatic heterocycles. The average Bonchev–Trinajstić information content (AvgIpc) is 2.54. The number of rotatable bonds is 4. The van der Waals surface area contributed by atoms with Gasteiger partial charge in [-0.2, -0.15) is 4.72 Å². The Kier molecular flexibility index (Phi) is 4.94. The number of benzene rings is 1. The molecule has 0 radical (unpaired) electrons. The minimum atomic E-state index is -4.26. The van der Waals surface area contributed by atoms with Crippen LogP contribution in [0.25, 0.3) is 0 Å². The summed E-state index contributed by atoms with van der Waals surface area (Å²) in [5.41, 5.74) is 0.720. The third kappa shape index (κ3) is 3.46. The van der Waals surface area contributed by atoms with Crippen LogP contribution < -0.4 is 4.72 Å². The zero-order valence-electron chi connectivity index (χ0n) is 12.5. The summed E-state index contributed by atoms with van der Waals surface area (Å²) < 4.78 is 33.3. The first-order valence-corrected chi connectivity index (χ1v) is 9.21. The molecule has 11 heteroatoms. The third-order valence-corrected chi connectivity index (χ3v) is 6.07. The van der Waals surface area contributed by atoms with Crippen molar-refractivity contribution in [1.82, 2.24) is 9.71 Å². The van der Waals surface area contributed by atoms with Crippen LogP contribution in [-0.2, 0) is 21.4 Å². The molecule has 1 aromatic carbocycles. The Hall–Kier alpha value is -1.78. The Balaban J connectivity index is 2.02. The Morgan fingerprint density at radius 3 is 2.80 bits per heavy atom. The maximum atomic E-state index is 12.7. The van der Waals surface area contributed by atoms with E-state index in [-0.39, 0.29) is 11.6 Å². The van der Waals surface area contributed by atoms with Crippen molar-refractivity contribution in [3.63, 3.8) is 0 Å². The molecule has 0 fully saturated rings. The lowest BCUT2D eigenvalue weighted by atomic mass is 10.1. The molecule has 3 rings (SSSR count). The van der Waals surface area contributed by atoms with Crippen molar-refractivity contribution < 1.29 is 18.1 Å². The summed E-state index contributed by atoms with van der Waals surface area (Å²) in [6.07, 6.45) is 1.54. The fourth-order valence-corrected chi connectivity index (χ4v) is 4.88. The molecule has 1 aromatic heterocycles. The molecular weight excluding hydrogens is 393 g/mol. The van der Waals surface area contributed by atoms with Crippen LogP contribution in [-0.4, -0.2) is 24.9 Å². The van der Waals surface area contributed by atoms with E-state index in [4.69, 9.17) is 27.9 Å². The minimum Gasteiger partial charge on any atom is -0.375 e. The van der Waals surface area contributed by atoms with Crippen molar-refractivity contribution in [2.45, 2.75) is 17.5 Å². The molecule has 25 heavy (non-hydrogen) atoms. The zero-order valence-corrected chi connectivity index (χ0v) is 14.8. The lowest BCUT2D eigenvalue weighted by Gasteiger charge is -2.25. The monoisotopic (exact) mass is 403 g/mol. The van der Waals surface area contributed by atoms with E-state index >= 15 is 0 Å². The number of hydrogen-bond acceptors (Lipinski definition) is 6. The van der Waals surface area contributed by atoms with Gasteiger partial charge in [-0.3, -0.25) is 15.1 Å². The van der Waals surface area contributed by atoms with Gasteiger partial charge in [0, 0.05) is 17.8 Å². The van der Waals surface area contributed by atoms with Crippen molar-refractivity contribution in [3.05, 3.63) is 61.9 Å². The number of nitro benzene ring substituents is 1. The molecule has 2 heterocycles. The summed E-state index contributed by atoms with van der Waals surface area (Å²) in [4.78, 5) is 13.9. The number of halogens is 2. The van der Waals surface area contributed by atoms with E-state index in [0.29, 0.717) is 12.3 Å². The summed E-state index contributed by atoms with van der Waals surface area (Å²) >= 11 is 11.9. The molecular formula is C14H11Cl2N3O5S. The summed E-state index contributed by atoms with van der Waals surface area (Å²) in [6.45, 7) is 0.382. The normalized spacial score (nSPS) is 17.1. The van der Waals surface area contributed by atoms with Crippen LogP contribution in [0.4, 0.5) is 5.69 Å². The van der Waals surface area contributed by atoms with E-state index in [1.165, 1.54) is 0 Å². The SMILES string of the molecule is O=[N+]([O-])c1ccc(Cl)c(S(=O)(=O)NC2COCc3cccnc32)c1Cl. The lowest BCUT2D eigenvalue weighted by Crippen LogP contribution is -2.35. The van der Waals surface area contributed by atoms with E-state index in [1.807, 2.05) is 0 Å². The molecule has 132 valence electrons. The summed E-state index contributed by atoms with van der Waals surface area (Å²) in [5, 5.41) is 10.2. The van der Waals surface area contributed by atoms with Gasteiger partial charge in [0.05, 0.1) is 34.9 Å². The number of nitro groups is 1. The second-order valence-electron chi connectivity index (χ2n) is 5.20. The van der Waals surface area contributed by atoms with Crippen molar-refractivity contribution in [1.29, 1.82) is 0 Å². The number of fused-ring (bicyclic) bond motifs is 1. The molecule has 1 N–H and O–H groups in total. The van der Waals surface area contributed by atoms with Gasteiger partial charge in [0.1, 0.15) is 9.92 Å². The number of nitrogens with zero attached hydrogens (tertiary/aromatic N) is 2. The molecule has 1 atom stereocenters. The van der Waals surface area contributed by atoms with Gasteiger partial charge in [-0.15, -0.1) is 0 Å². The smallest absolute Gasteiger partial charge is 0.289 e. The fourth-order valence-electron chi connectivity index (χ4n) is 2.50. The van der Waals surface area contributed by atoms with Crippen LogP contribution in [0.3, 0.4) is 0 Å². The van der Waals surface area contributed by atoms with Gasteiger partial charge in [-0.05, 0) is 12.1 Å². The van der Waals surface area contributed by atoms with Crippen molar-refractivity contribution in [3.8, 4) is 0 Å². The summed E-state index contributed by atoms with van der Waals surface area (Å²) in [6, 6.07) is 4.89. The first-order valence-electron chi connectivity index (χ1n) is 6.97. The molecule has 0 spiro atoms. The van der Waals surface area contributed by atoms with Crippen LogP contribution in [0.15, 0.2) is 35.4 Å². The van der Waals surface area contributed by atoms with Gasteiger partial charge >= 0.3 is 0 Å². The predicted molar refractivity (Wildman–Crippen MR) is 90.1 cm³/mol. The quantitative estimate of drug-likeness (QED) is 0.620. The highest BCUT2D eigenvalue weighted by Gasteiger charge is 2.32. The number of ether oxygens (including phenoxy) is 1. The largest absolute Gasteiger partial charge is 0.375 e. The topological polar surface area (TPSA) is 111 Å². The predicted octanol–water partition coefficient (Wildman–Crippen LogP) is 2.85. The molecule has 1 unspecified atom stereocenters. The Morgan fingerprint density at radius 1 is 1.32 bits per heavy atom. The van der Waals surface area contributed by atoms with Crippen molar-refractivity contribution in [2.24, 2.45) is 0 Å². The third-order valence-electron chi connectivity index (χ3n) is 3.59. The zero-order chi connectivity index (χ0) is 18.2. The molecule has 0 amide bonds. The van der Waals surface area contributed by atoms with Gasteiger partial charge in [0.15, 0.2) is 0 Å². The molecule has 0 bridgehead atoms. The van der Waals surface area contributed by atoms with E-state index in [9.17, 15) is 18.5 Å². The molecule has 8 nitrogen and oxygen atoms in total. The highest BCUT2D eigenvalue weighted by molar-refractivity contribution is 7.89. The Labute approximate surface area is 152 Å². The molecule has 0 saturated heterocycles. The molecule has 0 saturated carbocycles. The summed E-state index contributed by atoms with van der Waals surface area (Å²) in [7, 11) is -4.26. The van der Waals surface area contributed by atoms with Crippen LogP contribution in [0.5, 0.6) is 0 Å². The van der Waals surface area contributed by atoms with Crippen LogP contribution in [0.2, 0.25) is 10.0 Å². The summed E-state index contributed by atoms with van der Waals surface area (Å²) in [5.74, 6) is 0. The van der Waals surface area contributed by atoms with Crippen molar-refractivity contribution in [2.75, 3.05) is 6.61 Å². The average molecular weight is 404 g/mol. The van der Waals surface area contributed by atoms with E-state index in [0.717, 1.165) is 17.7 Å². The van der Waals surface area contributed by atoms with Gasteiger partial charge in [0.25, 0.3) is 5.69 Å². The number of pyridine rings is 1. The Morgan fingerprint density at radius 2 is 2.08 bits per heavy atom. The maximum absolute atomic E-state index is 12.7. The number of nitrogens with one attached hydrogen (secondary N) is 1. The van der Waals surface area contributed by atoms with Gasteiger partial charge < -0.3 is 4.74 Å². The minimum absolute atomic E-state index is 0.0629. The number of aromatic nitrogens is 1. The standard InChI is InChI=1S/C14H11Cl2N3O5S/c15-9-3-4-11(19(20)21)12(16)14(9)25(22,23)18-10-7-24-6-8-2-1-5-17-13(8)10/h1-5,10,18H,6-7H2. The van der Waals surface area contributed by atoms with Crippen molar-refractivity contribution >= 4 is 38.9 Å². The molecule has 2 aromatic rings. The second-order valence-corrected chi connectivity index (χ2v) is 7.64.